The maximum absolute atomic E-state index is 13.7. The number of aryl methyl sites for hydroxylation is 2. The van der Waals surface area contributed by atoms with Crippen LogP contribution in [0.5, 0.6) is 5.75 Å². The van der Waals surface area contributed by atoms with Gasteiger partial charge in [-0.15, -0.1) is 0 Å². The van der Waals surface area contributed by atoms with Crippen molar-refractivity contribution >= 4 is 46.5 Å². The summed E-state index contributed by atoms with van der Waals surface area (Å²) in [7, 11) is 1.55. The van der Waals surface area contributed by atoms with Gasteiger partial charge >= 0.3 is 0 Å². The summed E-state index contributed by atoms with van der Waals surface area (Å²) in [5, 5.41) is 6.05. The van der Waals surface area contributed by atoms with E-state index in [-0.39, 0.29) is 16.5 Å². The molecule has 0 fully saturated rings. The molecular weight excluding hydrogens is 522 g/mol. The van der Waals surface area contributed by atoms with Crippen molar-refractivity contribution in [2.75, 3.05) is 22.6 Å². The molecule has 4 aromatic rings. The summed E-state index contributed by atoms with van der Waals surface area (Å²) in [6.45, 7) is 3.88. The van der Waals surface area contributed by atoms with Gasteiger partial charge in [-0.1, -0.05) is 53.7 Å². The highest BCUT2D eigenvalue weighted by molar-refractivity contribution is 8.04. The lowest BCUT2D eigenvalue weighted by molar-refractivity contribution is -0.120. The van der Waals surface area contributed by atoms with Crippen LogP contribution >= 0.6 is 11.8 Å². The zero-order valence-corrected chi connectivity index (χ0v) is 23.0. The number of methoxy groups -OCH3 is 1. The molecule has 3 amide bonds. The molecule has 0 atom stereocenters. The summed E-state index contributed by atoms with van der Waals surface area (Å²) in [4.78, 5) is 42.1. The molecule has 0 saturated carbocycles. The van der Waals surface area contributed by atoms with E-state index in [1.54, 1.807) is 67.8 Å². The van der Waals surface area contributed by atoms with E-state index in [9.17, 15) is 14.4 Å². The van der Waals surface area contributed by atoms with Gasteiger partial charge in [-0.3, -0.25) is 14.4 Å². The molecule has 0 unspecified atom stereocenters. The van der Waals surface area contributed by atoms with E-state index in [2.05, 4.69) is 10.6 Å². The number of thioether (sulfide) groups is 1. The average molecular weight is 550 g/mol. The molecule has 0 aromatic heterocycles. The topological polar surface area (TPSA) is 87.7 Å². The van der Waals surface area contributed by atoms with Gasteiger partial charge in [0.05, 0.1) is 18.5 Å². The van der Waals surface area contributed by atoms with Crippen molar-refractivity contribution in [2.45, 2.75) is 18.7 Å². The number of imide groups is 1. The third-order valence-corrected chi connectivity index (χ3v) is 7.41. The number of carbonyl (C=O) groups excluding carboxylic acids is 3. The largest absolute Gasteiger partial charge is 0.495 e. The van der Waals surface area contributed by atoms with Gasteiger partial charge in [-0.2, -0.15) is 0 Å². The average Bonchev–Trinajstić information content (AvgIpc) is 3.19. The fraction of sp³-hybridized carbons (Fsp3) is 0.0938. The van der Waals surface area contributed by atoms with Crippen molar-refractivity contribution in [1.29, 1.82) is 0 Å². The molecule has 2 N–H and O–H groups in total. The maximum atomic E-state index is 13.7. The Kier molecular flexibility index (Phi) is 7.70. The molecule has 8 heteroatoms. The Morgan fingerprint density at radius 3 is 2.15 bits per heavy atom. The van der Waals surface area contributed by atoms with Crippen molar-refractivity contribution in [3.05, 3.63) is 124 Å². The van der Waals surface area contributed by atoms with Crippen molar-refractivity contribution in [1.82, 2.24) is 0 Å². The Labute approximate surface area is 236 Å². The first-order valence-corrected chi connectivity index (χ1v) is 13.4. The number of ether oxygens (including phenoxy) is 1. The number of nitrogens with zero attached hydrogens (tertiary/aromatic N) is 1. The maximum Gasteiger partial charge on any atom is 0.283 e. The van der Waals surface area contributed by atoms with E-state index in [4.69, 9.17) is 4.74 Å². The number of benzene rings is 4. The van der Waals surface area contributed by atoms with Crippen molar-refractivity contribution < 1.29 is 19.1 Å². The second-order valence-electron chi connectivity index (χ2n) is 9.26. The molecule has 200 valence electrons. The van der Waals surface area contributed by atoms with Crippen molar-refractivity contribution in [2.24, 2.45) is 0 Å². The summed E-state index contributed by atoms with van der Waals surface area (Å²) in [6, 6.07) is 28.9. The number of hydrogen-bond acceptors (Lipinski definition) is 6. The van der Waals surface area contributed by atoms with Gasteiger partial charge in [0.2, 0.25) is 0 Å². The first kappa shape index (κ1) is 26.8. The highest BCUT2D eigenvalue weighted by Gasteiger charge is 2.40. The molecule has 0 bridgehead atoms. The molecule has 1 aliphatic heterocycles. The van der Waals surface area contributed by atoms with Crippen LogP contribution < -0.4 is 20.3 Å². The van der Waals surface area contributed by atoms with Gasteiger partial charge in [0.15, 0.2) is 0 Å². The third-order valence-electron chi connectivity index (χ3n) is 6.32. The quantitative estimate of drug-likeness (QED) is 0.242. The zero-order valence-electron chi connectivity index (χ0n) is 22.2. The Morgan fingerprint density at radius 1 is 0.800 bits per heavy atom. The fourth-order valence-electron chi connectivity index (χ4n) is 4.21. The molecule has 0 aliphatic carbocycles. The van der Waals surface area contributed by atoms with Gasteiger partial charge in [-0.25, -0.2) is 4.90 Å². The minimum absolute atomic E-state index is 0.168. The van der Waals surface area contributed by atoms with Crippen molar-refractivity contribution in [3.8, 4) is 5.75 Å². The normalized spacial score (nSPS) is 13.0. The van der Waals surface area contributed by atoms with Gasteiger partial charge in [0.25, 0.3) is 17.7 Å². The van der Waals surface area contributed by atoms with E-state index in [1.807, 2.05) is 50.2 Å². The van der Waals surface area contributed by atoms with Crippen LogP contribution in [0.4, 0.5) is 17.1 Å². The number of carbonyl (C=O) groups is 3. The first-order chi connectivity index (χ1) is 19.3. The fourth-order valence-corrected chi connectivity index (χ4v) is 5.14. The summed E-state index contributed by atoms with van der Waals surface area (Å²) >= 11 is 1.19. The van der Waals surface area contributed by atoms with Crippen LogP contribution in [-0.4, -0.2) is 24.8 Å². The second-order valence-corrected chi connectivity index (χ2v) is 10.3. The Balaban J connectivity index is 1.45. The number of hydrogen-bond donors (Lipinski definition) is 2. The molecule has 0 radical (unpaired) electrons. The number of nitrogens with one attached hydrogen (secondary N) is 2. The number of amides is 3. The molecule has 1 heterocycles. The zero-order chi connectivity index (χ0) is 28.2. The van der Waals surface area contributed by atoms with Crippen LogP contribution in [0, 0.1) is 13.8 Å². The van der Waals surface area contributed by atoms with Crippen LogP contribution in [0.2, 0.25) is 0 Å². The Bertz CT molecular complexity index is 1610. The van der Waals surface area contributed by atoms with Gasteiger partial charge < -0.3 is 15.4 Å². The van der Waals surface area contributed by atoms with E-state index >= 15 is 0 Å². The third kappa shape index (κ3) is 5.62. The summed E-state index contributed by atoms with van der Waals surface area (Å²) in [5.74, 6) is -0.538. The Morgan fingerprint density at radius 2 is 1.48 bits per heavy atom. The lowest BCUT2D eigenvalue weighted by Crippen LogP contribution is -2.32. The minimum atomic E-state index is -0.452. The van der Waals surface area contributed by atoms with Crippen molar-refractivity contribution in [3.63, 3.8) is 0 Å². The molecule has 5 rings (SSSR count). The van der Waals surface area contributed by atoms with E-state index in [0.29, 0.717) is 28.4 Å². The molecule has 4 aromatic carbocycles. The second kappa shape index (κ2) is 11.5. The molecule has 1 aliphatic rings. The summed E-state index contributed by atoms with van der Waals surface area (Å²) in [5.41, 5.74) is 4.41. The lowest BCUT2D eigenvalue weighted by atomic mass is 10.2. The molecule has 0 saturated heterocycles. The van der Waals surface area contributed by atoms with E-state index in [1.165, 1.54) is 16.7 Å². The standard InChI is InChI=1S/C32H27N3O4S/c1-20-9-14-24(15-10-20)35-31(37)28(34-26-19-21(2)11-18-27(26)39-3)29(32(35)38)40-25-16-12-23(13-17-25)33-30(36)22-7-5-4-6-8-22/h4-19,34H,1-3H3,(H,33,36). The Hall–Kier alpha value is -4.82. The van der Waals surface area contributed by atoms with Gasteiger partial charge in [0.1, 0.15) is 16.4 Å². The SMILES string of the molecule is COc1ccc(C)cc1NC1=C(Sc2ccc(NC(=O)c3ccccc3)cc2)C(=O)N(c2ccc(C)cc2)C1=O. The highest BCUT2D eigenvalue weighted by atomic mass is 32.2. The summed E-state index contributed by atoms with van der Waals surface area (Å²) in [6.07, 6.45) is 0. The predicted octanol–water partition coefficient (Wildman–Crippen LogP) is 6.55. The van der Waals surface area contributed by atoms with Crippen LogP contribution in [0.15, 0.2) is 113 Å². The number of anilines is 3. The molecular formula is C32H27N3O4S. The van der Waals surface area contributed by atoms with Crippen LogP contribution in [0.3, 0.4) is 0 Å². The molecule has 7 nitrogen and oxygen atoms in total. The first-order valence-electron chi connectivity index (χ1n) is 12.6. The lowest BCUT2D eigenvalue weighted by Gasteiger charge is -2.16. The smallest absolute Gasteiger partial charge is 0.283 e. The van der Waals surface area contributed by atoms with Gasteiger partial charge in [0, 0.05) is 16.1 Å². The van der Waals surface area contributed by atoms with Crippen LogP contribution in [0.25, 0.3) is 0 Å². The highest BCUT2D eigenvalue weighted by Crippen LogP contribution is 2.39. The minimum Gasteiger partial charge on any atom is -0.495 e. The van der Waals surface area contributed by atoms with Crippen LogP contribution in [0.1, 0.15) is 21.5 Å². The van der Waals surface area contributed by atoms with Gasteiger partial charge in [-0.05, 0) is 80.1 Å². The van der Waals surface area contributed by atoms with E-state index < -0.39 is 11.8 Å². The number of rotatable bonds is 8. The van der Waals surface area contributed by atoms with E-state index in [0.717, 1.165) is 16.0 Å². The summed E-state index contributed by atoms with van der Waals surface area (Å²) < 4.78 is 5.49. The molecule has 0 spiro atoms. The molecule has 40 heavy (non-hydrogen) atoms. The monoisotopic (exact) mass is 549 g/mol. The van der Waals surface area contributed by atoms with Crippen LogP contribution in [-0.2, 0) is 9.59 Å². The predicted molar refractivity (Wildman–Crippen MR) is 159 cm³/mol.